The average Bonchev–Trinajstić information content (AvgIpc) is 3.20. The number of ether oxygens (including phenoxy) is 1. The van der Waals surface area contributed by atoms with Crippen molar-refractivity contribution in [3.8, 4) is 0 Å². The molecule has 0 saturated carbocycles. The second-order valence-electron chi connectivity index (χ2n) is 7.10. The van der Waals surface area contributed by atoms with E-state index in [-0.39, 0.29) is 12.4 Å². The van der Waals surface area contributed by atoms with Crippen molar-refractivity contribution in [1.29, 1.82) is 0 Å². The number of nitrogens with two attached hydrogens (primary N) is 1. The quantitative estimate of drug-likeness (QED) is 0.472. The van der Waals surface area contributed by atoms with Crippen molar-refractivity contribution in [3.05, 3.63) is 12.2 Å². The van der Waals surface area contributed by atoms with Gasteiger partial charge in [-0.15, -0.1) is 0 Å². The first kappa shape index (κ1) is 19.9. The van der Waals surface area contributed by atoms with Crippen LogP contribution in [0, 0.1) is 0 Å². The van der Waals surface area contributed by atoms with E-state index in [1.807, 2.05) is 0 Å². The summed E-state index contributed by atoms with van der Waals surface area (Å²) >= 11 is 0. The van der Waals surface area contributed by atoms with E-state index in [1.54, 1.807) is 4.57 Å². The lowest BCUT2D eigenvalue weighted by Crippen LogP contribution is -2.33. The summed E-state index contributed by atoms with van der Waals surface area (Å²) in [7, 11) is 0. The predicted octanol–water partition coefficient (Wildman–Crippen LogP) is 0.923. The third-order valence-electron chi connectivity index (χ3n) is 5.04. The number of fused-ring (bicyclic) bond motifs is 1. The Morgan fingerprint density at radius 3 is 2.56 bits per heavy atom. The van der Waals surface area contributed by atoms with Gasteiger partial charge in [0.25, 0.3) is 0 Å². The van der Waals surface area contributed by atoms with E-state index in [4.69, 9.17) is 10.5 Å². The summed E-state index contributed by atoms with van der Waals surface area (Å²) in [6.07, 6.45) is 5.09. The van der Waals surface area contributed by atoms with Crippen molar-refractivity contribution in [1.82, 2.24) is 19.5 Å². The highest BCUT2D eigenvalue weighted by atomic mass is 16.6. The molecule has 3 rings (SSSR count). The number of rotatable bonds is 9. The average molecular weight is 379 g/mol. The second-order valence-corrected chi connectivity index (χ2v) is 7.10. The van der Waals surface area contributed by atoms with E-state index >= 15 is 0 Å². The number of imidazole rings is 1. The van der Waals surface area contributed by atoms with Gasteiger partial charge in [-0.05, 0) is 6.42 Å². The first-order valence-electron chi connectivity index (χ1n) is 9.68. The molecule has 0 bridgehead atoms. The van der Waals surface area contributed by atoms with Crippen LogP contribution in [0.5, 0.6) is 0 Å². The maximum absolute atomic E-state index is 10.3. The summed E-state index contributed by atoms with van der Waals surface area (Å²) in [4.78, 5) is 13.1. The molecule has 9 nitrogen and oxygen atoms in total. The predicted molar refractivity (Wildman–Crippen MR) is 99.8 cm³/mol. The van der Waals surface area contributed by atoms with Crippen LogP contribution in [-0.4, -0.2) is 59.8 Å². The lowest BCUT2D eigenvalue weighted by atomic mass is 10.1. The number of unbranched alkanes of at least 4 members (excludes halogenated alkanes) is 5. The Kier molecular flexibility index (Phi) is 6.59. The topological polar surface area (TPSA) is 140 Å². The summed E-state index contributed by atoms with van der Waals surface area (Å²) in [6.45, 7) is 1.81. The van der Waals surface area contributed by atoms with Crippen LogP contribution in [-0.2, 0) is 11.2 Å². The Balaban J connectivity index is 1.75. The standard InChI is InChI=1S/C18H29N5O4/c1-2-3-4-5-6-7-8-12-21-16(19)13-17(22-12)23(10-20-13)18-15(26)14(25)11(9-24)27-18/h10-11,14-15,18,24-26H,2-9H2,1H3,(H2,19,21,22)/t11-,14-,15+,18-/m1/s1. The largest absolute Gasteiger partial charge is 0.394 e. The molecule has 4 atom stereocenters. The number of aliphatic hydroxyl groups excluding tert-OH is 3. The van der Waals surface area contributed by atoms with E-state index in [0.717, 1.165) is 12.8 Å². The van der Waals surface area contributed by atoms with Gasteiger partial charge in [0.05, 0.1) is 12.9 Å². The van der Waals surface area contributed by atoms with Crippen molar-refractivity contribution < 1.29 is 20.1 Å². The van der Waals surface area contributed by atoms with Crippen molar-refractivity contribution in [2.24, 2.45) is 0 Å². The molecule has 27 heavy (non-hydrogen) atoms. The molecule has 9 heteroatoms. The van der Waals surface area contributed by atoms with Crippen LogP contribution in [0.25, 0.3) is 11.2 Å². The fraction of sp³-hybridized carbons (Fsp3) is 0.722. The molecule has 1 saturated heterocycles. The van der Waals surface area contributed by atoms with Gasteiger partial charge in [0.1, 0.15) is 29.7 Å². The molecule has 2 aromatic heterocycles. The Hall–Kier alpha value is -1.81. The number of nitrogen functional groups attached to an aromatic ring is 1. The summed E-state index contributed by atoms with van der Waals surface area (Å²) in [5.41, 5.74) is 6.92. The van der Waals surface area contributed by atoms with Crippen LogP contribution in [0.4, 0.5) is 5.82 Å². The molecular formula is C18H29N5O4. The van der Waals surface area contributed by atoms with Gasteiger partial charge in [-0.1, -0.05) is 39.0 Å². The molecule has 3 heterocycles. The number of aliphatic hydroxyl groups is 3. The second kappa shape index (κ2) is 8.92. The zero-order valence-corrected chi connectivity index (χ0v) is 15.7. The zero-order chi connectivity index (χ0) is 19.4. The van der Waals surface area contributed by atoms with Crippen molar-refractivity contribution in [3.63, 3.8) is 0 Å². The lowest BCUT2D eigenvalue weighted by Gasteiger charge is -2.16. The smallest absolute Gasteiger partial charge is 0.167 e. The fourth-order valence-electron chi connectivity index (χ4n) is 3.46. The van der Waals surface area contributed by atoms with Crippen LogP contribution in [0.1, 0.15) is 57.5 Å². The molecule has 5 N–H and O–H groups in total. The van der Waals surface area contributed by atoms with Crippen LogP contribution in [0.2, 0.25) is 0 Å². The van der Waals surface area contributed by atoms with Crippen molar-refractivity contribution >= 4 is 17.0 Å². The van der Waals surface area contributed by atoms with Crippen LogP contribution >= 0.6 is 0 Å². The molecule has 0 amide bonds. The molecule has 0 spiro atoms. The van der Waals surface area contributed by atoms with E-state index in [1.165, 1.54) is 32.0 Å². The summed E-state index contributed by atoms with van der Waals surface area (Å²) in [5.74, 6) is 0.912. The Morgan fingerprint density at radius 2 is 1.85 bits per heavy atom. The molecule has 0 unspecified atom stereocenters. The number of nitrogens with zero attached hydrogens (tertiary/aromatic N) is 4. The first-order valence-corrected chi connectivity index (χ1v) is 9.68. The maximum Gasteiger partial charge on any atom is 0.167 e. The molecule has 0 aromatic carbocycles. The van der Waals surface area contributed by atoms with E-state index in [9.17, 15) is 15.3 Å². The molecule has 1 aliphatic rings. The van der Waals surface area contributed by atoms with Gasteiger partial charge in [-0.3, -0.25) is 4.57 Å². The minimum absolute atomic E-state index is 0.284. The molecule has 0 radical (unpaired) electrons. The van der Waals surface area contributed by atoms with Crippen LogP contribution in [0.15, 0.2) is 6.33 Å². The highest BCUT2D eigenvalue weighted by molar-refractivity contribution is 5.81. The highest BCUT2D eigenvalue weighted by Crippen LogP contribution is 2.32. The normalized spacial score (nSPS) is 25.5. The molecule has 1 aliphatic heterocycles. The molecule has 2 aromatic rings. The zero-order valence-electron chi connectivity index (χ0n) is 15.7. The third kappa shape index (κ3) is 4.21. The van der Waals surface area contributed by atoms with Gasteiger partial charge in [0, 0.05) is 6.42 Å². The Morgan fingerprint density at radius 1 is 1.11 bits per heavy atom. The molecule has 0 aliphatic carbocycles. The fourth-order valence-corrected chi connectivity index (χ4v) is 3.46. The monoisotopic (exact) mass is 379 g/mol. The molecular weight excluding hydrogens is 350 g/mol. The number of hydrogen-bond acceptors (Lipinski definition) is 8. The van der Waals surface area contributed by atoms with Gasteiger partial charge in [0.15, 0.2) is 17.7 Å². The van der Waals surface area contributed by atoms with Gasteiger partial charge < -0.3 is 25.8 Å². The van der Waals surface area contributed by atoms with E-state index < -0.39 is 24.5 Å². The number of hydrogen-bond donors (Lipinski definition) is 4. The van der Waals surface area contributed by atoms with Crippen molar-refractivity contribution in [2.75, 3.05) is 12.3 Å². The number of anilines is 1. The summed E-state index contributed by atoms with van der Waals surface area (Å²) in [5, 5.41) is 29.5. The third-order valence-corrected chi connectivity index (χ3v) is 5.04. The number of aromatic nitrogens is 4. The first-order chi connectivity index (χ1) is 13.1. The van der Waals surface area contributed by atoms with Gasteiger partial charge in [-0.2, -0.15) is 0 Å². The van der Waals surface area contributed by atoms with Gasteiger partial charge >= 0.3 is 0 Å². The van der Waals surface area contributed by atoms with Gasteiger partial charge in [0.2, 0.25) is 0 Å². The minimum atomic E-state index is -1.20. The lowest BCUT2D eigenvalue weighted by molar-refractivity contribution is -0.0511. The maximum atomic E-state index is 10.3. The highest BCUT2D eigenvalue weighted by Gasteiger charge is 2.44. The van der Waals surface area contributed by atoms with Crippen LogP contribution in [0.3, 0.4) is 0 Å². The van der Waals surface area contributed by atoms with Gasteiger partial charge in [-0.25, -0.2) is 15.0 Å². The van der Waals surface area contributed by atoms with E-state index in [2.05, 4.69) is 21.9 Å². The molecule has 1 fully saturated rings. The molecule has 150 valence electrons. The Labute approximate surface area is 158 Å². The number of aryl methyl sites for hydroxylation is 1. The summed E-state index contributed by atoms with van der Waals surface area (Å²) in [6, 6.07) is 0. The van der Waals surface area contributed by atoms with Crippen LogP contribution < -0.4 is 5.73 Å². The Bertz CT molecular complexity index is 753. The van der Waals surface area contributed by atoms with Crippen molar-refractivity contribution in [2.45, 2.75) is 76.4 Å². The summed E-state index contributed by atoms with van der Waals surface area (Å²) < 4.78 is 7.12. The minimum Gasteiger partial charge on any atom is -0.394 e. The van der Waals surface area contributed by atoms with E-state index in [0.29, 0.717) is 23.4 Å². The SMILES string of the molecule is CCCCCCCCc1nc(N)c2ncn([C@@H]3O[C@H](CO)[C@@H](O)[C@@H]3O)c2n1.